The van der Waals surface area contributed by atoms with Crippen molar-refractivity contribution in [1.29, 1.82) is 0 Å². The summed E-state index contributed by atoms with van der Waals surface area (Å²) in [5.41, 5.74) is 0.773. The number of nitrogens with zero attached hydrogens (tertiary/aromatic N) is 1. The number of anilines is 1. The second kappa shape index (κ2) is 6.31. The standard InChI is InChI=1S/C12H18N2O4S/c1-19(15,16)18-9-10-2-5-13-12(8-10)14-11-3-6-17-7-4-11/h2,5,8,11H,3-4,6-7,9H2,1H3,(H,13,14). The maximum atomic E-state index is 10.9. The summed E-state index contributed by atoms with van der Waals surface area (Å²) < 4.78 is 31.9. The molecule has 6 nitrogen and oxygen atoms in total. The van der Waals surface area contributed by atoms with E-state index >= 15 is 0 Å². The number of hydrogen-bond donors (Lipinski definition) is 1. The van der Waals surface area contributed by atoms with Crippen LogP contribution < -0.4 is 5.32 Å². The van der Waals surface area contributed by atoms with Gasteiger partial charge in [-0.05, 0) is 30.5 Å². The molecule has 2 heterocycles. The minimum Gasteiger partial charge on any atom is -0.381 e. The first kappa shape index (κ1) is 14.2. The number of aromatic nitrogens is 1. The fourth-order valence-electron chi connectivity index (χ4n) is 1.87. The summed E-state index contributed by atoms with van der Waals surface area (Å²) in [5, 5.41) is 3.32. The van der Waals surface area contributed by atoms with Gasteiger partial charge in [0.2, 0.25) is 0 Å². The van der Waals surface area contributed by atoms with Gasteiger partial charge in [0, 0.05) is 25.5 Å². The third-order valence-electron chi connectivity index (χ3n) is 2.84. The molecule has 0 unspecified atom stereocenters. The normalized spacial score (nSPS) is 17.3. The number of rotatable bonds is 5. The lowest BCUT2D eigenvalue weighted by Gasteiger charge is -2.23. The lowest BCUT2D eigenvalue weighted by Crippen LogP contribution is -2.28. The van der Waals surface area contributed by atoms with Crippen LogP contribution in [0.3, 0.4) is 0 Å². The van der Waals surface area contributed by atoms with Crippen molar-refractivity contribution in [2.75, 3.05) is 24.8 Å². The molecule has 0 saturated carbocycles. The van der Waals surface area contributed by atoms with E-state index in [1.54, 1.807) is 18.3 Å². The van der Waals surface area contributed by atoms with Crippen LogP contribution in [0.1, 0.15) is 18.4 Å². The number of hydrogen-bond acceptors (Lipinski definition) is 6. The Morgan fingerprint density at radius 1 is 1.47 bits per heavy atom. The Bertz CT molecular complexity index is 512. The van der Waals surface area contributed by atoms with E-state index in [1.165, 1.54) is 0 Å². The van der Waals surface area contributed by atoms with Crippen LogP contribution in [0, 0.1) is 0 Å². The average molecular weight is 286 g/mol. The molecule has 1 saturated heterocycles. The Balaban J connectivity index is 1.94. The zero-order valence-electron chi connectivity index (χ0n) is 10.8. The van der Waals surface area contributed by atoms with Crippen molar-refractivity contribution in [3.63, 3.8) is 0 Å². The van der Waals surface area contributed by atoms with E-state index in [4.69, 9.17) is 8.92 Å². The van der Waals surface area contributed by atoms with Gasteiger partial charge in [0.05, 0.1) is 12.9 Å². The molecule has 0 amide bonds. The molecule has 1 aliphatic heterocycles. The van der Waals surface area contributed by atoms with Gasteiger partial charge >= 0.3 is 0 Å². The largest absolute Gasteiger partial charge is 0.381 e. The topological polar surface area (TPSA) is 77.5 Å². The monoisotopic (exact) mass is 286 g/mol. The van der Waals surface area contributed by atoms with Gasteiger partial charge in [-0.2, -0.15) is 8.42 Å². The first-order valence-corrected chi connectivity index (χ1v) is 7.98. The van der Waals surface area contributed by atoms with Crippen molar-refractivity contribution in [1.82, 2.24) is 4.98 Å². The second-order valence-electron chi connectivity index (χ2n) is 4.55. The molecule has 0 radical (unpaired) electrons. The van der Waals surface area contributed by atoms with Gasteiger partial charge in [-0.15, -0.1) is 0 Å². The molecular formula is C12H18N2O4S. The van der Waals surface area contributed by atoms with E-state index in [1.807, 2.05) is 0 Å². The Labute approximate surface area is 113 Å². The van der Waals surface area contributed by atoms with Crippen LogP contribution in [-0.2, 0) is 25.6 Å². The lowest BCUT2D eigenvalue weighted by atomic mass is 10.1. The van der Waals surface area contributed by atoms with Crippen LogP contribution in [0.4, 0.5) is 5.82 Å². The molecule has 19 heavy (non-hydrogen) atoms. The van der Waals surface area contributed by atoms with Crippen LogP contribution in [0.5, 0.6) is 0 Å². The highest BCUT2D eigenvalue weighted by molar-refractivity contribution is 7.85. The third-order valence-corrected chi connectivity index (χ3v) is 3.38. The van der Waals surface area contributed by atoms with Gasteiger partial charge < -0.3 is 10.1 Å². The maximum absolute atomic E-state index is 10.9. The summed E-state index contributed by atoms with van der Waals surface area (Å²) in [6.45, 7) is 1.55. The van der Waals surface area contributed by atoms with Crippen molar-refractivity contribution in [3.8, 4) is 0 Å². The molecule has 0 bridgehead atoms. The minimum absolute atomic E-state index is 0.0316. The van der Waals surface area contributed by atoms with Crippen molar-refractivity contribution in [2.24, 2.45) is 0 Å². The molecule has 1 N–H and O–H groups in total. The molecule has 106 valence electrons. The summed E-state index contributed by atoms with van der Waals surface area (Å²) in [5.74, 6) is 0.738. The highest BCUT2D eigenvalue weighted by Crippen LogP contribution is 2.15. The summed E-state index contributed by atoms with van der Waals surface area (Å²) >= 11 is 0. The first-order chi connectivity index (χ1) is 9.03. The highest BCUT2D eigenvalue weighted by atomic mass is 32.2. The van der Waals surface area contributed by atoms with Gasteiger partial charge in [-0.25, -0.2) is 4.98 Å². The average Bonchev–Trinajstić information content (AvgIpc) is 2.37. The van der Waals surface area contributed by atoms with E-state index in [-0.39, 0.29) is 6.61 Å². The molecule has 7 heteroatoms. The molecule has 1 aromatic rings. The van der Waals surface area contributed by atoms with Crippen LogP contribution in [0.15, 0.2) is 18.3 Å². The molecule has 0 aromatic carbocycles. The van der Waals surface area contributed by atoms with Gasteiger partial charge in [0.15, 0.2) is 0 Å². The highest BCUT2D eigenvalue weighted by Gasteiger charge is 2.14. The van der Waals surface area contributed by atoms with Crippen LogP contribution >= 0.6 is 0 Å². The predicted molar refractivity (Wildman–Crippen MR) is 71.3 cm³/mol. The molecule has 0 atom stereocenters. The number of pyridine rings is 1. The Morgan fingerprint density at radius 2 is 2.21 bits per heavy atom. The van der Waals surface area contributed by atoms with Gasteiger partial charge in [-0.1, -0.05) is 0 Å². The summed E-state index contributed by atoms with van der Waals surface area (Å²) in [4.78, 5) is 4.22. The Hall–Kier alpha value is -1.18. The summed E-state index contributed by atoms with van der Waals surface area (Å²) in [7, 11) is -3.42. The van der Waals surface area contributed by atoms with E-state index in [0.717, 1.165) is 43.7 Å². The zero-order chi connectivity index (χ0) is 13.7. The van der Waals surface area contributed by atoms with Crippen molar-refractivity contribution < 1.29 is 17.3 Å². The summed E-state index contributed by atoms with van der Waals surface area (Å²) in [6.07, 6.45) is 4.58. The van der Waals surface area contributed by atoms with Gasteiger partial charge in [0.25, 0.3) is 10.1 Å². The fourth-order valence-corrected chi connectivity index (χ4v) is 2.22. The SMILES string of the molecule is CS(=O)(=O)OCc1ccnc(NC2CCOCC2)c1. The predicted octanol–water partition coefficient (Wildman–Crippen LogP) is 1.15. The van der Waals surface area contributed by atoms with Crippen LogP contribution in [0.2, 0.25) is 0 Å². The second-order valence-corrected chi connectivity index (χ2v) is 6.19. The van der Waals surface area contributed by atoms with E-state index in [9.17, 15) is 8.42 Å². The third kappa shape index (κ3) is 5.14. The van der Waals surface area contributed by atoms with Crippen molar-refractivity contribution in [2.45, 2.75) is 25.5 Å². The first-order valence-electron chi connectivity index (χ1n) is 6.16. The van der Waals surface area contributed by atoms with Crippen LogP contribution in [-0.4, -0.2) is 38.9 Å². The van der Waals surface area contributed by atoms with Crippen molar-refractivity contribution >= 4 is 15.9 Å². The molecule has 2 rings (SSSR count). The van der Waals surface area contributed by atoms with E-state index in [2.05, 4.69) is 10.3 Å². The Kier molecular flexibility index (Phi) is 4.73. The molecule has 1 fully saturated rings. The molecule has 0 spiro atoms. The quantitative estimate of drug-likeness (QED) is 0.818. The molecular weight excluding hydrogens is 268 g/mol. The molecule has 1 aliphatic rings. The number of ether oxygens (including phenoxy) is 1. The van der Waals surface area contributed by atoms with E-state index < -0.39 is 10.1 Å². The smallest absolute Gasteiger partial charge is 0.264 e. The van der Waals surface area contributed by atoms with Gasteiger partial charge in [-0.3, -0.25) is 4.18 Å². The molecule has 0 aliphatic carbocycles. The van der Waals surface area contributed by atoms with Gasteiger partial charge in [0.1, 0.15) is 5.82 Å². The lowest BCUT2D eigenvalue weighted by molar-refractivity contribution is 0.0904. The number of nitrogens with one attached hydrogen (secondary N) is 1. The fraction of sp³-hybridized carbons (Fsp3) is 0.583. The van der Waals surface area contributed by atoms with E-state index in [0.29, 0.717) is 6.04 Å². The minimum atomic E-state index is -3.42. The van der Waals surface area contributed by atoms with Crippen LogP contribution in [0.25, 0.3) is 0 Å². The zero-order valence-corrected chi connectivity index (χ0v) is 11.6. The Morgan fingerprint density at radius 3 is 2.89 bits per heavy atom. The van der Waals surface area contributed by atoms with Crippen molar-refractivity contribution in [3.05, 3.63) is 23.9 Å². The maximum Gasteiger partial charge on any atom is 0.264 e. The molecule has 1 aromatic heterocycles. The summed E-state index contributed by atoms with van der Waals surface area (Å²) in [6, 6.07) is 3.90.